The van der Waals surface area contributed by atoms with Crippen LogP contribution in [0.4, 0.5) is 10.5 Å². The Balaban J connectivity index is 1.69. The molecule has 0 aromatic heterocycles. The van der Waals surface area contributed by atoms with Crippen LogP contribution in [0.5, 0.6) is 0 Å². The van der Waals surface area contributed by atoms with E-state index in [4.69, 9.17) is 16.6 Å². The monoisotopic (exact) mass is 359 g/mol. The van der Waals surface area contributed by atoms with Crippen molar-refractivity contribution in [2.45, 2.75) is 12.2 Å². The van der Waals surface area contributed by atoms with E-state index in [0.29, 0.717) is 17.5 Å². The molecular weight excluding hydrogens is 342 g/mol. The van der Waals surface area contributed by atoms with Gasteiger partial charge < -0.3 is 14.7 Å². The summed E-state index contributed by atoms with van der Waals surface area (Å²) in [6.07, 6.45) is 1.06. The van der Waals surface area contributed by atoms with Gasteiger partial charge in [0, 0.05) is 37.4 Å². The first-order chi connectivity index (χ1) is 12.0. The van der Waals surface area contributed by atoms with Crippen LogP contribution in [-0.2, 0) is 4.79 Å². The summed E-state index contributed by atoms with van der Waals surface area (Å²) in [5.74, 6) is 0.491. The van der Waals surface area contributed by atoms with Crippen LogP contribution in [0.2, 0.25) is 5.02 Å². The number of halogens is 1. The second-order valence-electron chi connectivity index (χ2n) is 6.24. The number of hydrogen-bond donors (Lipinski definition) is 0. The highest BCUT2D eigenvalue weighted by Crippen LogP contribution is 2.33. The molecule has 3 aliphatic heterocycles. The highest BCUT2D eigenvalue weighted by Gasteiger charge is 2.54. The molecule has 2 fully saturated rings. The number of benzene rings is 1. The van der Waals surface area contributed by atoms with Crippen molar-refractivity contribution in [2.75, 3.05) is 31.6 Å². The van der Waals surface area contributed by atoms with Crippen LogP contribution in [0.25, 0.3) is 0 Å². The molecule has 0 spiro atoms. The van der Waals surface area contributed by atoms with Gasteiger partial charge in [-0.2, -0.15) is 0 Å². The van der Waals surface area contributed by atoms with Crippen molar-refractivity contribution in [3.05, 3.63) is 41.9 Å². The number of aliphatic imine (C=N–C) groups is 1. The van der Waals surface area contributed by atoms with E-state index in [9.17, 15) is 9.59 Å². The third-order valence-electron chi connectivity index (χ3n) is 4.81. The van der Waals surface area contributed by atoms with Gasteiger partial charge in [-0.05, 0) is 18.2 Å². The van der Waals surface area contributed by atoms with Crippen molar-refractivity contribution < 1.29 is 9.59 Å². The van der Waals surface area contributed by atoms with Crippen molar-refractivity contribution in [2.24, 2.45) is 4.99 Å². The van der Waals surface area contributed by atoms with E-state index in [2.05, 4.69) is 6.58 Å². The first kappa shape index (κ1) is 16.0. The Labute approximate surface area is 150 Å². The smallest absolute Gasteiger partial charge is 0.325 e. The number of carbonyl (C=O) groups excluding carboxylic acids is 2. The van der Waals surface area contributed by atoms with Gasteiger partial charge in [-0.1, -0.05) is 23.7 Å². The number of amides is 3. The zero-order chi connectivity index (χ0) is 17.7. The minimum atomic E-state index is -0.502. The summed E-state index contributed by atoms with van der Waals surface area (Å²) in [5, 5.41) is 0.646. The molecule has 8 heteroatoms. The third-order valence-corrected chi connectivity index (χ3v) is 5.04. The number of anilines is 1. The molecule has 25 heavy (non-hydrogen) atoms. The second-order valence-corrected chi connectivity index (χ2v) is 6.68. The highest BCUT2D eigenvalue weighted by atomic mass is 35.5. The fourth-order valence-electron chi connectivity index (χ4n) is 3.62. The average molecular weight is 360 g/mol. The van der Waals surface area contributed by atoms with Gasteiger partial charge in [0.05, 0.1) is 0 Å². The Morgan fingerprint density at radius 1 is 1.36 bits per heavy atom. The van der Waals surface area contributed by atoms with E-state index in [0.717, 1.165) is 12.2 Å². The molecule has 0 N–H and O–H groups in total. The largest absolute Gasteiger partial charge is 0.328 e. The van der Waals surface area contributed by atoms with Crippen molar-refractivity contribution >= 4 is 35.2 Å². The Morgan fingerprint density at radius 3 is 2.88 bits per heavy atom. The fraction of sp³-hybridized carbons (Fsp3) is 0.353. The molecule has 2 unspecified atom stereocenters. The standard InChI is InChI=1S/C17H18ClN5O2/c1-3-7-23-15(24)13-14(20(2)17(23)25)19-16-21(8-9-22(13)16)12-6-4-5-11(18)10-12/h3-6,10,13-14H,1,7-9H2,2H3. The fourth-order valence-corrected chi connectivity index (χ4v) is 3.81. The van der Waals surface area contributed by atoms with Gasteiger partial charge in [-0.15, -0.1) is 6.58 Å². The molecule has 3 heterocycles. The maximum Gasteiger partial charge on any atom is 0.328 e. The maximum absolute atomic E-state index is 12.9. The lowest BCUT2D eigenvalue weighted by Crippen LogP contribution is -2.64. The zero-order valence-corrected chi connectivity index (χ0v) is 14.6. The Kier molecular flexibility index (Phi) is 3.68. The molecule has 130 valence electrons. The van der Waals surface area contributed by atoms with Crippen LogP contribution in [0.15, 0.2) is 41.9 Å². The van der Waals surface area contributed by atoms with E-state index in [-0.39, 0.29) is 18.5 Å². The summed E-state index contributed by atoms with van der Waals surface area (Å²) in [5.41, 5.74) is 0.928. The lowest BCUT2D eigenvalue weighted by Gasteiger charge is -2.40. The minimum absolute atomic E-state index is 0.201. The predicted octanol–water partition coefficient (Wildman–Crippen LogP) is 1.61. The lowest BCUT2D eigenvalue weighted by atomic mass is 10.1. The highest BCUT2D eigenvalue weighted by molar-refractivity contribution is 6.31. The minimum Gasteiger partial charge on any atom is -0.325 e. The number of fused-ring (bicyclic) bond motifs is 3. The maximum atomic E-state index is 12.9. The van der Waals surface area contributed by atoms with E-state index < -0.39 is 12.2 Å². The second kappa shape index (κ2) is 5.77. The van der Waals surface area contributed by atoms with Gasteiger partial charge in [0.2, 0.25) is 5.96 Å². The molecule has 2 saturated heterocycles. The number of carbonyl (C=O) groups is 2. The molecule has 2 atom stereocenters. The summed E-state index contributed by atoms with van der Waals surface area (Å²) in [4.78, 5) is 36.8. The normalized spacial score (nSPS) is 25.3. The predicted molar refractivity (Wildman–Crippen MR) is 95.6 cm³/mol. The quantitative estimate of drug-likeness (QED) is 0.769. The lowest BCUT2D eigenvalue weighted by molar-refractivity contribution is -0.136. The summed E-state index contributed by atoms with van der Waals surface area (Å²) < 4.78 is 0. The van der Waals surface area contributed by atoms with Crippen LogP contribution < -0.4 is 4.90 Å². The number of nitrogens with zero attached hydrogens (tertiary/aromatic N) is 5. The number of guanidine groups is 1. The number of imide groups is 1. The number of rotatable bonds is 3. The van der Waals surface area contributed by atoms with E-state index >= 15 is 0 Å². The topological polar surface area (TPSA) is 59.5 Å². The zero-order valence-electron chi connectivity index (χ0n) is 13.8. The molecule has 4 rings (SSSR count). The van der Waals surface area contributed by atoms with Crippen LogP contribution in [-0.4, -0.2) is 71.5 Å². The first-order valence-corrected chi connectivity index (χ1v) is 8.47. The molecule has 7 nitrogen and oxygen atoms in total. The molecule has 0 radical (unpaired) electrons. The van der Waals surface area contributed by atoms with E-state index in [1.807, 2.05) is 34.1 Å². The Bertz CT molecular complexity index is 795. The van der Waals surface area contributed by atoms with Crippen LogP contribution in [0.1, 0.15) is 0 Å². The van der Waals surface area contributed by atoms with Crippen molar-refractivity contribution in [3.8, 4) is 0 Å². The molecule has 1 aromatic rings. The molecule has 0 saturated carbocycles. The van der Waals surface area contributed by atoms with Crippen molar-refractivity contribution in [1.29, 1.82) is 0 Å². The van der Waals surface area contributed by atoms with Crippen LogP contribution in [0, 0.1) is 0 Å². The molecule has 0 aliphatic carbocycles. The number of likely N-dealkylation sites (N-methyl/N-ethyl adjacent to an activating group) is 1. The SMILES string of the molecule is C=CCN1C(=O)C2C(N=C3N(c4cccc(Cl)c4)CCN32)N(C)C1=O. The van der Waals surface area contributed by atoms with Gasteiger partial charge in [0.15, 0.2) is 12.2 Å². The van der Waals surface area contributed by atoms with Crippen molar-refractivity contribution in [1.82, 2.24) is 14.7 Å². The molecule has 3 amide bonds. The first-order valence-electron chi connectivity index (χ1n) is 8.09. The molecule has 1 aromatic carbocycles. The van der Waals surface area contributed by atoms with Crippen LogP contribution in [0.3, 0.4) is 0 Å². The van der Waals surface area contributed by atoms with Crippen molar-refractivity contribution in [3.63, 3.8) is 0 Å². The molecule has 3 aliphatic rings. The molecule has 0 bridgehead atoms. The number of hydrogen-bond acceptors (Lipinski definition) is 5. The average Bonchev–Trinajstić information content (AvgIpc) is 3.16. The third kappa shape index (κ3) is 2.30. The van der Waals surface area contributed by atoms with Gasteiger partial charge in [0.1, 0.15) is 0 Å². The summed E-state index contributed by atoms with van der Waals surface area (Å²) in [6.45, 7) is 5.22. The van der Waals surface area contributed by atoms with E-state index in [1.165, 1.54) is 9.80 Å². The van der Waals surface area contributed by atoms with Gasteiger partial charge in [0.25, 0.3) is 5.91 Å². The Morgan fingerprint density at radius 2 is 2.16 bits per heavy atom. The summed E-state index contributed by atoms with van der Waals surface area (Å²) >= 11 is 6.10. The Hall–Kier alpha value is -2.54. The summed E-state index contributed by atoms with van der Waals surface area (Å²) in [6, 6.07) is 6.71. The van der Waals surface area contributed by atoms with Gasteiger partial charge in [-0.25, -0.2) is 9.79 Å². The van der Waals surface area contributed by atoms with Gasteiger partial charge in [-0.3, -0.25) is 9.69 Å². The van der Waals surface area contributed by atoms with Gasteiger partial charge >= 0.3 is 6.03 Å². The molecular formula is C17H18ClN5O2. The van der Waals surface area contributed by atoms with E-state index in [1.54, 1.807) is 13.1 Å². The number of urea groups is 1. The van der Waals surface area contributed by atoms with Crippen LogP contribution >= 0.6 is 11.6 Å². The summed E-state index contributed by atoms with van der Waals surface area (Å²) in [7, 11) is 1.68.